The van der Waals surface area contributed by atoms with Crippen LogP contribution < -0.4 is 9.64 Å². The van der Waals surface area contributed by atoms with E-state index in [0.29, 0.717) is 0 Å². The number of para-hydroxylation sites is 2. The van der Waals surface area contributed by atoms with Gasteiger partial charge in [-0.1, -0.05) is 41.9 Å². The molecule has 3 rings (SSSR count). The molecule has 1 aliphatic heterocycles. The van der Waals surface area contributed by atoms with Crippen LogP contribution >= 0.6 is 11.6 Å². The van der Waals surface area contributed by atoms with E-state index < -0.39 is 0 Å². The first kappa shape index (κ1) is 15.7. The van der Waals surface area contributed by atoms with Gasteiger partial charge in [-0.2, -0.15) is 5.10 Å². The molecule has 0 amide bonds. The molecule has 5 heteroatoms. The Kier molecular flexibility index (Phi) is 5.03. The van der Waals surface area contributed by atoms with Crippen LogP contribution in [-0.4, -0.2) is 44.5 Å². The normalized spacial score (nSPS) is 15.2. The third-order valence-electron chi connectivity index (χ3n) is 3.95. The molecule has 2 aromatic rings. The Hall–Kier alpha value is -2.20. The molecule has 1 aliphatic rings. The number of hydrogen-bond acceptors (Lipinski definition) is 4. The van der Waals surface area contributed by atoms with Crippen molar-refractivity contribution in [2.45, 2.75) is 0 Å². The standard InChI is InChI=1S/C18H20ClN3O/c1-23-18-9-5-4-8-17(18)21-10-12-22(13-11-21)20-14-15-6-2-3-7-16(15)19/h2-9,14H,10-13H2,1H3/b20-14-. The highest BCUT2D eigenvalue weighted by Gasteiger charge is 2.18. The fourth-order valence-corrected chi connectivity index (χ4v) is 2.85. The Bertz CT molecular complexity index is 681. The number of hydrazone groups is 1. The summed E-state index contributed by atoms with van der Waals surface area (Å²) < 4.78 is 5.44. The van der Waals surface area contributed by atoms with Gasteiger partial charge in [0.25, 0.3) is 0 Å². The van der Waals surface area contributed by atoms with Gasteiger partial charge >= 0.3 is 0 Å². The number of piperazine rings is 1. The number of rotatable bonds is 4. The summed E-state index contributed by atoms with van der Waals surface area (Å²) in [6.45, 7) is 3.58. The quantitative estimate of drug-likeness (QED) is 0.804. The zero-order valence-electron chi connectivity index (χ0n) is 13.2. The van der Waals surface area contributed by atoms with Crippen molar-refractivity contribution in [3.63, 3.8) is 0 Å². The van der Waals surface area contributed by atoms with E-state index in [0.717, 1.165) is 48.2 Å². The van der Waals surface area contributed by atoms with Crippen LogP contribution in [0.2, 0.25) is 5.02 Å². The van der Waals surface area contributed by atoms with Crippen LogP contribution in [-0.2, 0) is 0 Å². The van der Waals surface area contributed by atoms with Crippen molar-refractivity contribution in [1.29, 1.82) is 0 Å². The van der Waals surface area contributed by atoms with Crippen molar-refractivity contribution in [2.75, 3.05) is 38.2 Å². The predicted octanol–water partition coefficient (Wildman–Crippen LogP) is 3.50. The Morgan fingerprint density at radius 1 is 1.00 bits per heavy atom. The molecule has 2 aromatic carbocycles. The summed E-state index contributed by atoms with van der Waals surface area (Å²) in [5.74, 6) is 0.917. The van der Waals surface area contributed by atoms with E-state index in [1.165, 1.54) is 0 Å². The number of ether oxygens (including phenoxy) is 1. The van der Waals surface area contributed by atoms with Gasteiger partial charge in [0, 0.05) is 23.7 Å². The van der Waals surface area contributed by atoms with Crippen molar-refractivity contribution in [2.24, 2.45) is 5.10 Å². The molecule has 0 bridgehead atoms. The summed E-state index contributed by atoms with van der Waals surface area (Å²) in [6, 6.07) is 15.9. The first-order valence-electron chi connectivity index (χ1n) is 7.69. The van der Waals surface area contributed by atoms with E-state index in [9.17, 15) is 0 Å². The third kappa shape index (κ3) is 3.77. The van der Waals surface area contributed by atoms with Gasteiger partial charge in [0.15, 0.2) is 0 Å². The Morgan fingerprint density at radius 3 is 2.43 bits per heavy atom. The number of hydrogen-bond donors (Lipinski definition) is 0. The summed E-state index contributed by atoms with van der Waals surface area (Å²) in [5, 5.41) is 7.36. The van der Waals surface area contributed by atoms with Gasteiger partial charge < -0.3 is 9.64 Å². The smallest absolute Gasteiger partial charge is 0.142 e. The molecular formula is C18H20ClN3O. The molecule has 0 unspecified atom stereocenters. The minimum atomic E-state index is 0.726. The fourth-order valence-electron chi connectivity index (χ4n) is 2.67. The van der Waals surface area contributed by atoms with E-state index in [-0.39, 0.29) is 0 Å². The third-order valence-corrected chi connectivity index (χ3v) is 4.29. The Morgan fingerprint density at radius 2 is 1.70 bits per heavy atom. The molecule has 0 aromatic heterocycles. The molecule has 1 saturated heterocycles. The van der Waals surface area contributed by atoms with Gasteiger partial charge in [0.05, 0.1) is 32.1 Å². The lowest BCUT2D eigenvalue weighted by Gasteiger charge is -2.35. The lowest BCUT2D eigenvalue weighted by Crippen LogP contribution is -2.44. The molecule has 0 saturated carbocycles. The van der Waals surface area contributed by atoms with Crippen molar-refractivity contribution in [3.05, 3.63) is 59.1 Å². The highest BCUT2D eigenvalue weighted by atomic mass is 35.5. The number of methoxy groups -OCH3 is 1. The van der Waals surface area contributed by atoms with Gasteiger partial charge in [-0.15, -0.1) is 0 Å². The Balaban J connectivity index is 1.61. The second-order valence-electron chi connectivity index (χ2n) is 5.38. The van der Waals surface area contributed by atoms with Crippen LogP contribution in [0.25, 0.3) is 0 Å². The van der Waals surface area contributed by atoms with Crippen LogP contribution in [0.4, 0.5) is 5.69 Å². The van der Waals surface area contributed by atoms with Crippen LogP contribution in [0, 0.1) is 0 Å². The zero-order chi connectivity index (χ0) is 16.1. The van der Waals surface area contributed by atoms with Crippen molar-refractivity contribution < 1.29 is 4.74 Å². The second kappa shape index (κ2) is 7.38. The van der Waals surface area contributed by atoms with Gasteiger partial charge in [0.1, 0.15) is 5.75 Å². The highest BCUT2D eigenvalue weighted by Crippen LogP contribution is 2.28. The summed E-state index contributed by atoms with van der Waals surface area (Å²) in [4.78, 5) is 2.33. The maximum Gasteiger partial charge on any atom is 0.142 e. The van der Waals surface area contributed by atoms with E-state index in [2.05, 4.69) is 21.1 Å². The van der Waals surface area contributed by atoms with Crippen LogP contribution in [0.1, 0.15) is 5.56 Å². The number of benzene rings is 2. The predicted molar refractivity (Wildman–Crippen MR) is 95.8 cm³/mol. The average molecular weight is 330 g/mol. The van der Waals surface area contributed by atoms with Crippen LogP contribution in [0.3, 0.4) is 0 Å². The minimum absolute atomic E-state index is 0.726. The summed E-state index contributed by atoms with van der Waals surface area (Å²) in [7, 11) is 1.71. The van der Waals surface area contributed by atoms with Crippen molar-refractivity contribution in [3.8, 4) is 5.75 Å². The van der Waals surface area contributed by atoms with E-state index in [1.807, 2.05) is 48.7 Å². The number of nitrogens with zero attached hydrogens (tertiary/aromatic N) is 3. The summed E-state index contributed by atoms with van der Waals surface area (Å²) in [6.07, 6.45) is 1.83. The summed E-state index contributed by atoms with van der Waals surface area (Å²) >= 11 is 6.15. The topological polar surface area (TPSA) is 28.1 Å². The maximum atomic E-state index is 6.15. The monoisotopic (exact) mass is 329 g/mol. The molecule has 0 aliphatic carbocycles. The Labute approximate surface area is 141 Å². The molecule has 4 nitrogen and oxygen atoms in total. The molecule has 0 radical (unpaired) electrons. The molecule has 23 heavy (non-hydrogen) atoms. The largest absolute Gasteiger partial charge is 0.495 e. The average Bonchev–Trinajstić information content (AvgIpc) is 2.61. The molecule has 0 spiro atoms. The minimum Gasteiger partial charge on any atom is -0.495 e. The maximum absolute atomic E-state index is 6.15. The van der Waals surface area contributed by atoms with Gasteiger partial charge in [-0.05, 0) is 18.2 Å². The van der Waals surface area contributed by atoms with Gasteiger partial charge in [-0.25, -0.2) is 0 Å². The fraction of sp³-hybridized carbons (Fsp3) is 0.278. The van der Waals surface area contributed by atoms with Crippen LogP contribution in [0.5, 0.6) is 5.75 Å². The lowest BCUT2D eigenvalue weighted by atomic mass is 10.2. The summed E-state index contributed by atoms with van der Waals surface area (Å²) in [5.41, 5.74) is 2.09. The SMILES string of the molecule is COc1ccccc1N1CCN(/N=C\c2ccccc2Cl)CC1. The van der Waals surface area contributed by atoms with E-state index in [4.69, 9.17) is 16.3 Å². The highest BCUT2D eigenvalue weighted by molar-refractivity contribution is 6.33. The molecule has 0 N–H and O–H groups in total. The molecule has 0 atom stereocenters. The molecule has 1 heterocycles. The van der Waals surface area contributed by atoms with Crippen molar-refractivity contribution in [1.82, 2.24) is 5.01 Å². The number of halogens is 1. The van der Waals surface area contributed by atoms with Crippen LogP contribution in [0.15, 0.2) is 53.6 Å². The molecule has 120 valence electrons. The van der Waals surface area contributed by atoms with E-state index >= 15 is 0 Å². The van der Waals surface area contributed by atoms with Gasteiger partial charge in [-0.3, -0.25) is 5.01 Å². The lowest BCUT2D eigenvalue weighted by molar-refractivity contribution is 0.271. The van der Waals surface area contributed by atoms with E-state index in [1.54, 1.807) is 7.11 Å². The van der Waals surface area contributed by atoms with Gasteiger partial charge in [0.2, 0.25) is 0 Å². The first-order valence-corrected chi connectivity index (χ1v) is 8.07. The second-order valence-corrected chi connectivity index (χ2v) is 5.79. The van der Waals surface area contributed by atoms with Crippen molar-refractivity contribution >= 4 is 23.5 Å². The first-order chi connectivity index (χ1) is 11.3. The molecule has 1 fully saturated rings. The zero-order valence-corrected chi connectivity index (χ0v) is 13.9. The number of anilines is 1. The molecular weight excluding hydrogens is 310 g/mol.